The number of anilines is 2. The molecular weight excluding hydrogens is 578 g/mol. The van der Waals surface area contributed by atoms with E-state index in [1.165, 1.54) is 30.3 Å². The highest BCUT2D eigenvalue weighted by molar-refractivity contribution is 6.30. The Morgan fingerprint density at radius 1 is 1.23 bits per heavy atom. The molecule has 5 N–H and O–H groups in total. The number of H-pyrrole nitrogens is 1. The molecule has 15 heteroatoms. The molecule has 2 unspecified atom stereocenters. The van der Waals surface area contributed by atoms with Crippen molar-refractivity contribution in [2.24, 2.45) is 0 Å². The van der Waals surface area contributed by atoms with Crippen LogP contribution < -0.4 is 16.0 Å². The number of carbonyl (C=O) groups is 3. The summed E-state index contributed by atoms with van der Waals surface area (Å²) in [6.45, 7) is 0. The van der Waals surface area contributed by atoms with Gasteiger partial charge in [-0.25, -0.2) is 9.78 Å². The lowest BCUT2D eigenvalue weighted by Crippen LogP contribution is -2.27. The number of carbonyl (C=O) groups excluding carboxylic acids is 3. The summed E-state index contributed by atoms with van der Waals surface area (Å²) in [5.41, 5.74) is 3.12. The highest BCUT2D eigenvalue weighted by Crippen LogP contribution is 2.31. The molecule has 14 nitrogen and oxygen atoms in total. The summed E-state index contributed by atoms with van der Waals surface area (Å²) in [7, 11) is 1.24. The van der Waals surface area contributed by atoms with Crippen molar-refractivity contribution in [2.45, 2.75) is 25.0 Å². The predicted molar refractivity (Wildman–Crippen MR) is 157 cm³/mol. The van der Waals surface area contributed by atoms with Crippen molar-refractivity contribution in [1.82, 2.24) is 35.5 Å². The first kappa shape index (κ1) is 29.2. The van der Waals surface area contributed by atoms with Crippen LogP contribution in [-0.2, 0) is 14.3 Å². The molecule has 5 rings (SSSR count). The van der Waals surface area contributed by atoms with Crippen LogP contribution in [0.5, 0.6) is 0 Å². The molecule has 43 heavy (non-hydrogen) atoms. The first-order chi connectivity index (χ1) is 20.8. The number of benzene rings is 2. The summed E-state index contributed by atoms with van der Waals surface area (Å²) >= 11 is 6.18. The fraction of sp³-hybridized carbons (Fsp3) is 0.179. The van der Waals surface area contributed by atoms with Gasteiger partial charge in [0.05, 0.1) is 48.9 Å². The average Bonchev–Trinajstić information content (AvgIpc) is 3.68. The Balaban J connectivity index is 1.42. The monoisotopic (exact) mass is 603 g/mol. The third kappa shape index (κ3) is 7.30. The second kappa shape index (κ2) is 13.1. The number of nitrogens with zero attached hydrogens (tertiary/aromatic N) is 5. The minimum absolute atomic E-state index is 0.207. The smallest absolute Gasteiger partial charge is 0.411 e. The van der Waals surface area contributed by atoms with Gasteiger partial charge in [0, 0.05) is 27.9 Å². The molecular formula is C28H26ClN9O5. The summed E-state index contributed by atoms with van der Waals surface area (Å²) in [4.78, 5) is 45.2. The average molecular weight is 604 g/mol. The SMILES string of the molecule is COC(=O)Nc1ccc2c(c1)NC(=O)CC(O)C=CCC(NC(=O)C=Cc1cc(Cl)ccc1-n1cnnn1)c1ncc-2[nH]1. The number of hydrogen-bond donors (Lipinski definition) is 5. The van der Waals surface area contributed by atoms with E-state index in [1.807, 2.05) is 0 Å². The zero-order valence-electron chi connectivity index (χ0n) is 22.7. The maximum Gasteiger partial charge on any atom is 0.411 e. The molecule has 3 amide bonds. The van der Waals surface area contributed by atoms with Crippen molar-refractivity contribution < 1.29 is 24.2 Å². The Morgan fingerprint density at radius 3 is 2.88 bits per heavy atom. The van der Waals surface area contributed by atoms with E-state index in [2.05, 4.69) is 46.2 Å². The summed E-state index contributed by atoms with van der Waals surface area (Å²) in [5.74, 6) is -0.411. The number of aromatic nitrogens is 6. The molecule has 2 aromatic carbocycles. The summed E-state index contributed by atoms with van der Waals surface area (Å²) in [6, 6.07) is 9.39. The van der Waals surface area contributed by atoms with Crippen LogP contribution in [0, 0.1) is 0 Å². The molecule has 0 radical (unpaired) electrons. The number of rotatable bonds is 5. The number of tetrazole rings is 1. The number of amides is 3. The molecule has 1 aliphatic heterocycles. The summed E-state index contributed by atoms with van der Waals surface area (Å²) in [6.07, 6.45) is 7.44. The molecule has 0 saturated carbocycles. The van der Waals surface area contributed by atoms with Gasteiger partial charge in [0.1, 0.15) is 12.2 Å². The molecule has 220 valence electrons. The van der Waals surface area contributed by atoms with E-state index >= 15 is 0 Å². The summed E-state index contributed by atoms with van der Waals surface area (Å²) < 4.78 is 6.10. The lowest BCUT2D eigenvalue weighted by molar-refractivity contribution is -0.118. The van der Waals surface area contributed by atoms with Crippen molar-refractivity contribution in [1.29, 1.82) is 0 Å². The molecule has 1 aliphatic rings. The van der Waals surface area contributed by atoms with E-state index in [0.717, 1.165) is 0 Å². The molecule has 2 atom stereocenters. The molecule has 3 heterocycles. The van der Waals surface area contributed by atoms with Crippen molar-refractivity contribution in [3.63, 3.8) is 0 Å². The quantitative estimate of drug-likeness (QED) is 0.168. The third-order valence-electron chi connectivity index (χ3n) is 6.38. The number of imidazole rings is 1. The normalized spacial score (nSPS) is 16.8. The van der Waals surface area contributed by atoms with Gasteiger partial charge in [0.25, 0.3) is 0 Å². The lowest BCUT2D eigenvalue weighted by atomic mass is 10.1. The van der Waals surface area contributed by atoms with Crippen molar-refractivity contribution in [3.8, 4) is 16.9 Å². The number of fused-ring (bicyclic) bond motifs is 4. The number of ether oxygens (including phenoxy) is 1. The van der Waals surface area contributed by atoms with Gasteiger partial charge in [-0.3, -0.25) is 14.9 Å². The largest absolute Gasteiger partial charge is 0.453 e. The Morgan fingerprint density at radius 2 is 2.09 bits per heavy atom. The first-order valence-corrected chi connectivity index (χ1v) is 13.4. The van der Waals surface area contributed by atoms with E-state index in [1.54, 1.807) is 54.7 Å². The first-order valence-electron chi connectivity index (χ1n) is 13.0. The number of aliphatic hydroxyl groups excluding tert-OH is 1. The van der Waals surface area contributed by atoms with Crippen LogP contribution in [0.3, 0.4) is 0 Å². The molecule has 4 aromatic rings. The van der Waals surface area contributed by atoms with E-state index in [9.17, 15) is 19.5 Å². The minimum atomic E-state index is -1.07. The lowest BCUT2D eigenvalue weighted by Gasteiger charge is -2.14. The van der Waals surface area contributed by atoms with Gasteiger partial charge >= 0.3 is 6.09 Å². The van der Waals surface area contributed by atoms with Crippen LogP contribution in [0.15, 0.2) is 67.2 Å². The predicted octanol–water partition coefficient (Wildman–Crippen LogP) is 3.40. The number of halogens is 1. The molecule has 0 fully saturated rings. The number of nitrogens with one attached hydrogen (secondary N) is 4. The highest BCUT2D eigenvalue weighted by Gasteiger charge is 2.20. The van der Waals surface area contributed by atoms with Crippen LogP contribution in [-0.4, -0.2) is 66.4 Å². The van der Waals surface area contributed by atoms with Crippen molar-refractivity contribution in [2.75, 3.05) is 17.7 Å². The number of aliphatic hydroxyl groups is 1. The zero-order valence-corrected chi connectivity index (χ0v) is 23.4. The minimum Gasteiger partial charge on any atom is -0.453 e. The van der Waals surface area contributed by atoms with Gasteiger partial charge in [0.2, 0.25) is 11.8 Å². The van der Waals surface area contributed by atoms with Gasteiger partial charge in [-0.05, 0) is 59.3 Å². The van der Waals surface area contributed by atoms with Crippen LogP contribution in [0.4, 0.5) is 16.2 Å². The fourth-order valence-electron chi connectivity index (χ4n) is 4.37. The Bertz CT molecular complexity index is 1700. The molecule has 0 spiro atoms. The van der Waals surface area contributed by atoms with Crippen LogP contribution in [0.1, 0.15) is 30.3 Å². The third-order valence-corrected chi connectivity index (χ3v) is 6.62. The van der Waals surface area contributed by atoms with Crippen LogP contribution >= 0.6 is 11.6 Å². The zero-order chi connectivity index (χ0) is 30.3. The Labute approximate surface area is 249 Å². The van der Waals surface area contributed by atoms with E-state index < -0.39 is 30.1 Å². The van der Waals surface area contributed by atoms with Gasteiger partial charge in [0.15, 0.2) is 0 Å². The van der Waals surface area contributed by atoms with Gasteiger partial charge < -0.3 is 25.5 Å². The maximum absolute atomic E-state index is 13.1. The maximum atomic E-state index is 13.1. The Kier molecular flexibility index (Phi) is 8.88. The molecule has 2 aromatic heterocycles. The topological polar surface area (TPSA) is 189 Å². The van der Waals surface area contributed by atoms with Crippen molar-refractivity contribution in [3.05, 3.63) is 83.6 Å². The van der Waals surface area contributed by atoms with Gasteiger partial charge in [-0.1, -0.05) is 23.8 Å². The van der Waals surface area contributed by atoms with E-state index in [4.69, 9.17) is 11.6 Å². The number of methoxy groups -OCH3 is 1. The molecule has 2 bridgehead atoms. The number of hydrogen-bond acceptors (Lipinski definition) is 9. The van der Waals surface area contributed by atoms with Crippen LogP contribution in [0.2, 0.25) is 5.02 Å². The molecule has 0 aliphatic carbocycles. The van der Waals surface area contributed by atoms with E-state index in [0.29, 0.717) is 44.7 Å². The summed E-state index contributed by atoms with van der Waals surface area (Å²) in [5, 5.41) is 30.4. The van der Waals surface area contributed by atoms with Crippen LogP contribution in [0.25, 0.3) is 23.0 Å². The van der Waals surface area contributed by atoms with E-state index in [-0.39, 0.29) is 12.8 Å². The standard InChI is InChI=1S/C28H26ClN9O5/c1-43-28(42)32-18-7-8-20-22(12-18)34-26(41)13-19(39)3-2-4-21(27-30-14-23(20)35-27)33-25(40)10-5-16-11-17(29)6-9-24(16)38-15-31-36-37-38/h2-3,5-12,14-15,19,21,39H,4,13H2,1H3,(H,30,35)(H,32,42)(H,33,40)(H,34,41). The van der Waals surface area contributed by atoms with Gasteiger partial charge in [-0.15, -0.1) is 5.10 Å². The highest BCUT2D eigenvalue weighted by atomic mass is 35.5. The second-order valence-corrected chi connectivity index (χ2v) is 9.83. The van der Waals surface area contributed by atoms with Crippen molar-refractivity contribution >= 4 is 47.0 Å². The Hall–Kier alpha value is -5.34. The molecule has 0 saturated heterocycles. The fourth-order valence-corrected chi connectivity index (χ4v) is 4.55. The second-order valence-electron chi connectivity index (χ2n) is 9.39. The van der Waals surface area contributed by atoms with Gasteiger partial charge in [-0.2, -0.15) is 4.68 Å². The number of aromatic amines is 1.